The van der Waals surface area contributed by atoms with E-state index < -0.39 is 6.04 Å². The lowest BCUT2D eigenvalue weighted by molar-refractivity contribution is -0.141. The van der Waals surface area contributed by atoms with Gasteiger partial charge in [0.1, 0.15) is 18.2 Å². The number of esters is 1. The zero-order valence-electron chi connectivity index (χ0n) is 17.0. The van der Waals surface area contributed by atoms with E-state index in [1.807, 2.05) is 48.5 Å². The summed E-state index contributed by atoms with van der Waals surface area (Å²) in [5.41, 5.74) is 3.95. The zero-order chi connectivity index (χ0) is 20.8. The Balaban J connectivity index is 1.46. The molecule has 1 saturated carbocycles. The Hall–Kier alpha value is -3.41. The summed E-state index contributed by atoms with van der Waals surface area (Å²) in [4.78, 5) is 21.0. The van der Waals surface area contributed by atoms with Gasteiger partial charge in [0, 0.05) is 30.3 Å². The summed E-state index contributed by atoms with van der Waals surface area (Å²) in [6.07, 6.45) is 4.68. The van der Waals surface area contributed by atoms with Gasteiger partial charge in [0.15, 0.2) is 0 Å². The molecule has 3 aromatic rings. The molecule has 6 nitrogen and oxygen atoms in total. The maximum absolute atomic E-state index is 12.3. The van der Waals surface area contributed by atoms with E-state index in [0.29, 0.717) is 12.2 Å². The van der Waals surface area contributed by atoms with Crippen LogP contribution in [0.15, 0.2) is 67.0 Å². The van der Waals surface area contributed by atoms with Crippen LogP contribution in [0.4, 0.5) is 11.5 Å². The molecule has 1 aromatic heterocycles. The Labute approximate surface area is 176 Å². The summed E-state index contributed by atoms with van der Waals surface area (Å²) < 4.78 is 4.98. The summed E-state index contributed by atoms with van der Waals surface area (Å²) in [6, 6.07) is 19.4. The van der Waals surface area contributed by atoms with Gasteiger partial charge < -0.3 is 15.4 Å². The summed E-state index contributed by atoms with van der Waals surface area (Å²) in [5.74, 6) is 1.09. The number of hydrogen-bond donors (Lipinski definition) is 2. The quantitative estimate of drug-likeness (QED) is 0.524. The van der Waals surface area contributed by atoms with Crippen LogP contribution in [0, 0.1) is 5.92 Å². The fraction of sp³-hybridized carbons (Fsp3) is 0.292. The Morgan fingerprint density at radius 1 is 1.10 bits per heavy atom. The summed E-state index contributed by atoms with van der Waals surface area (Å²) in [7, 11) is 1.40. The molecule has 0 bridgehead atoms. The standard InChI is InChI=1S/C24H26N4O2/c1-30-24(29)22(13-17-5-3-2-4-6-17)28-23-14-21(26-16-27-23)19-9-11-20(12-10-19)25-15-18-7-8-18/h2-6,9-12,14,16,18,22,25H,7-8,13,15H2,1H3,(H,26,27,28)/t22-/m0/s1. The van der Waals surface area contributed by atoms with Gasteiger partial charge in [-0.3, -0.25) is 0 Å². The average Bonchev–Trinajstić information content (AvgIpc) is 3.63. The van der Waals surface area contributed by atoms with Gasteiger partial charge in [-0.2, -0.15) is 0 Å². The molecule has 1 fully saturated rings. The molecular weight excluding hydrogens is 376 g/mol. The van der Waals surface area contributed by atoms with E-state index >= 15 is 0 Å². The SMILES string of the molecule is COC(=O)[C@H](Cc1ccccc1)Nc1cc(-c2ccc(NCC3CC3)cc2)ncn1. The van der Waals surface area contributed by atoms with Crippen LogP contribution in [-0.2, 0) is 16.0 Å². The molecule has 1 aliphatic carbocycles. The van der Waals surface area contributed by atoms with Crippen LogP contribution in [0.3, 0.4) is 0 Å². The second kappa shape index (κ2) is 9.39. The van der Waals surface area contributed by atoms with Crippen molar-refractivity contribution >= 4 is 17.5 Å². The predicted molar refractivity (Wildman–Crippen MR) is 118 cm³/mol. The van der Waals surface area contributed by atoms with Crippen molar-refractivity contribution in [1.29, 1.82) is 0 Å². The minimum Gasteiger partial charge on any atom is -0.467 e. The lowest BCUT2D eigenvalue weighted by atomic mass is 10.1. The number of nitrogens with zero attached hydrogens (tertiary/aromatic N) is 2. The highest BCUT2D eigenvalue weighted by Gasteiger charge is 2.21. The van der Waals surface area contributed by atoms with Crippen LogP contribution in [0.2, 0.25) is 0 Å². The van der Waals surface area contributed by atoms with Crippen molar-refractivity contribution in [3.05, 3.63) is 72.6 Å². The van der Waals surface area contributed by atoms with Crippen LogP contribution >= 0.6 is 0 Å². The van der Waals surface area contributed by atoms with Crippen molar-refractivity contribution in [1.82, 2.24) is 9.97 Å². The van der Waals surface area contributed by atoms with E-state index in [9.17, 15) is 4.79 Å². The number of rotatable bonds is 9. The van der Waals surface area contributed by atoms with E-state index in [2.05, 4.69) is 32.7 Å². The van der Waals surface area contributed by atoms with Crippen LogP contribution in [-0.4, -0.2) is 35.6 Å². The zero-order valence-corrected chi connectivity index (χ0v) is 17.0. The first-order valence-corrected chi connectivity index (χ1v) is 10.3. The Morgan fingerprint density at radius 3 is 2.57 bits per heavy atom. The summed E-state index contributed by atoms with van der Waals surface area (Å²) in [6.45, 7) is 1.04. The van der Waals surface area contributed by atoms with Crippen molar-refractivity contribution in [3.63, 3.8) is 0 Å². The molecule has 1 aliphatic rings. The molecule has 0 unspecified atom stereocenters. The number of hydrogen-bond acceptors (Lipinski definition) is 6. The largest absolute Gasteiger partial charge is 0.467 e. The van der Waals surface area contributed by atoms with E-state index in [1.54, 1.807) is 0 Å². The Morgan fingerprint density at radius 2 is 1.87 bits per heavy atom. The second-order valence-corrected chi connectivity index (χ2v) is 7.60. The van der Waals surface area contributed by atoms with E-state index in [4.69, 9.17) is 4.74 Å². The van der Waals surface area contributed by atoms with Gasteiger partial charge in [-0.1, -0.05) is 42.5 Å². The lowest BCUT2D eigenvalue weighted by Crippen LogP contribution is -2.33. The first-order chi connectivity index (χ1) is 14.7. The molecule has 0 radical (unpaired) electrons. The molecule has 154 valence electrons. The third-order valence-corrected chi connectivity index (χ3v) is 5.23. The van der Waals surface area contributed by atoms with Crippen molar-refractivity contribution < 1.29 is 9.53 Å². The lowest BCUT2D eigenvalue weighted by Gasteiger charge is -2.17. The number of aromatic nitrogens is 2. The fourth-order valence-corrected chi connectivity index (χ4v) is 3.30. The van der Waals surface area contributed by atoms with Crippen LogP contribution in [0.5, 0.6) is 0 Å². The number of nitrogens with one attached hydrogen (secondary N) is 2. The predicted octanol–water partition coefficient (Wildman–Crippen LogP) is 4.16. The molecule has 6 heteroatoms. The number of methoxy groups -OCH3 is 1. The van der Waals surface area contributed by atoms with Gasteiger partial charge in [0.05, 0.1) is 12.8 Å². The molecule has 0 aliphatic heterocycles. The van der Waals surface area contributed by atoms with Gasteiger partial charge in [0.25, 0.3) is 0 Å². The van der Waals surface area contributed by atoms with Gasteiger partial charge in [-0.25, -0.2) is 14.8 Å². The molecule has 4 rings (SSSR count). The molecule has 0 spiro atoms. The van der Waals surface area contributed by atoms with Gasteiger partial charge in [-0.05, 0) is 36.5 Å². The number of ether oxygens (including phenoxy) is 1. The third kappa shape index (κ3) is 5.35. The first-order valence-electron chi connectivity index (χ1n) is 10.3. The van der Waals surface area contributed by atoms with Crippen molar-refractivity contribution in [3.8, 4) is 11.3 Å². The maximum Gasteiger partial charge on any atom is 0.328 e. The second-order valence-electron chi connectivity index (χ2n) is 7.60. The monoisotopic (exact) mass is 402 g/mol. The summed E-state index contributed by atoms with van der Waals surface area (Å²) >= 11 is 0. The van der Waals surface area contributed by atoms with E-state index in [0.717, 1.165) is 35.0 Å². The molecule has 2 N–H and O–H groups in total. The van der Waals surface area contributed by atoms with Gasteiger partial charge in [0.2, 0.25) is 0 Å². The van der Waals surface area contributed by atoms with Crippen molar-refractivity contribution in [2.45, 2.75) is 25.3 Å². The summed E-state index contributed by atoms with van der Waals surface area (Å²) in [5, 5.41) is 6.67. The van der Waals surface area contributed by atoms with E-state index in [-0.39, 0.29) is 5.97 Å². The highest BCUT2D eigenvalue weighted by molar-refractivity contribution is 5.79. The minimum atomic E-state index is -0.533. The van der Waals surface area contributed by atoms with E-state index in [1.165, 1.54) is 26.3 Å². The molecule has 1 atom stereocenters. The molecular formula is C24H26N4O2. The molecule has 30 heavy (non-hydrogen) atoms. The van der Waals surface area contributed by atoms with Gasteiger partial charge >= 0.3 is 5.97 Å². The maximum atomic E-state index is 12.3. The van der Waals surface area contributed by atoms with Crippen LogP contribution in [0.25, 0.3) is 11.3 Å². The van der Waals surface area contributed by atoms with Crippen LogP contribution in [0.1, 0.15) is 18.4 Å². The van der Waals surface area contributed by atoms with Crippen molar-refractivity contribution in [2.24, 2.45) is 5.92 Å². The normalized spacial score (nSPS) is 14.0. The Kier molecular flexibility index (Phi) is 6.23. The molecule has 0 saturated heterocycles. The Bertz CT molecular complexity index is 972. The first kappa shape index (κ1) is 19.9. The highest BCUT2D eigenvalue weighted by Crippen LogP contribution is 2.29. The van der Waals surface area contributed by atoms with Gasteiger partial charge in [-0.15, -0.1) is 0 Å². The average molecular weight is 402 g/mol. The fourth-order valence-electron chi connectivity index (χ4n) is 3.30. The minimum absolute atomic E-state index is 0.329. The van der Waals surface area contributed by atoms with Crippen LogP contribution < -0.4 is 10.6 Å². The number of benzene rings is 2. The molecule has 0 amide bonds. The number of anilines is 2. The highest BCUT2D eigenvalue weighted by atomic mass is 16.5. The molecule has 2 aromatic carbocycles. The molecule has 1 heterocycles. The topological polar surface area (TPSA) is 76.1 Å². The van der Waals surface area contributed by atoms with Crippen molar-refractivity contribution in [2.75, 3.05) is 24.3 Å². The number of carbonyl (C=O) groups excluding carboxylic acids is 1. The third-order valence-electron chi connectivity index (χ3n) is 5.23. The number of carbonyl (C=O) groups is 1. The smallest absolute Gasteiger partial charge is 0.328 e.